The lowest BCUT2D eigenvalue weighted by Crippen LogP contribution is -2.26. The van der Waals surface area contributed by atoms with Gasteiger partial charge in [0.05, 0.1) is 17.5 Å². The molecule has 0 saturated carbocycles. The molecule has 0 aromatic heterocycles. The molecular formula is C18H21NO4S. The first-order valence-electron chi connectivity index (χ1n) is 7.65. The predicted octanol–water partition coefficient (Wildman–Crippen LogP) is 2.98. The van der Waals surface area contributed by atoms with Gasteiger partial charge in [0, 0.05) is 11.8 Å². The van der Waals surface area contributed by atoms with Gasteiger partial charge in [-0.15, -0.1) is 0 Å². The zero-order valence-corrected chi connectivity index (χ0v) is 14.8. The fourth-order valence-corrected chi connectivity index (χ4v) is 2.94. The number of carbonyl (C=O) groups excluding carboxylic acids is 1. The molecular weight excluding hydrogens is 326 g/mol. The van der Waals surface area contributed by atoms with Crippen LogP contribution < -0.4 is 10.1 Å². The Hall–Kier alpha value is -2.34. The molecule has 1 amide bonds. The average Bonchev–Trinajstić information content (AvgIpc) is 2.54. The van der Waals surface area contributed by atoms with E-state index >= 15 is 0 Å². The van der Waals surface area contributed by atoms with Crippen LogP contribution in [0.3, 0.4) is 0 Å². The highest BCUT2D eigenvalue weighted by Crippen LogP contribution is 2.20. The maximum Gasteiger partial charge on any atom is 0.251 e. The summed E-state index contributed by atoms with van der Waals surface area (Å²) in [6, 6.07) is 13.3. The minimum atomic E-state index is -3.35. The molecule has 0 radical (unpaired) electrons. The number of nitrogens with one attached hydrogen (secondary N) is 1. The summed E-state index contributed by atoms with van der Waals surface area (Å²) in [5.41, 5.74) is 1.22. The van der Waals surface area contributed by atoms with Crippen molar-refractivity contribution in [1.29, 1.82) is 0 Å². The van der Waals surface area contributed by atoms with Gasteiger partial charge in [0.1, 0.15) is 5.75 Å². The first-order valence-corrected chi connectivity index (χ1v) is 9.54. The monoisotopic (exact) mass is 347 g/mol. The van der Waals surface area contributed by atoms with Crippen LogP contribution in [0.25, 0.3) is 0 Å². The van der Waals surface area contributed by atoms with Gasteiger partial charge in [-0.3, -0.25) is 4.79 Å². The fourth-order valence-electron chi connectivity index (χ4n) is 2.27. The predicted molar refractivity (Wildman–Crippen MR) is 93.0 cm³/mol. The lowest BCUT2D eigenvalue weighted by atomic mass is 10.1. The van der Waals surface area contributed by atoms with Gasteiger partial charge in [0.2, 0.25) is 0 Å². The van der Waals surface area contributed by atoms with Crippen LogP contribution in [0.2, 0.25) is 0 Å². The molecule has 1 atom stereocenters. The second-order valence-corrected chi connectivity index (χ2v) is 7.52. The van der Waals surface area contributed by atoms with Crippen LogP contribution in [0.4, 0.5) is 0 Å². The summed E-state index contributed by atoms with van der Waals surface area (Å²) in [6.07, 6.45) is 1.12. The second-order valence-electron chi connectivity index (χ2n) is 5.50. The number of carbonyl (C=O) groups is 1. The van der Waals surface area contributed by atoms with Gasteiger partial charge in [0.25, 0.3) is 5.91 Å². The summed E-state index contributed by atoms with van der Waals surface area (Å²) in [6.45, 7) is 4.35. The number of ether oxygens (including phenoxy) is 1. The SMILES string of the molecule is CCOc1cccc([C@@H](C)NC(=O)c2cccc(S(C)(=O)=O)c2)c1. The maximum absolute atomic E-state index is 12.4. The lowest BCUT2D eigenvalue weighted by Gasteiger charge is -2.16. The number of sulfone groups is 1. The van der Waals surface area contributed by atoms with Crippen molar-refractivity contribution in [1.82, 2.24) is 5.32 Å². The first kappa shape index (κ1) is 18.0. The number of hydrogen-bond acceptors (Lipinski definition) is 4. The van der Waals surface area contributed by atoms with Crippen LogP contribution in [-0.2, 0) is 9.84 Å². The Morgan fingerprint density at radius 2 is 1.88 bits per heavy atom. The Labute approximate surface area is 142 Å². The summed E-state index contributed by atoms with van der Waals surface area (Å²) >= 11 is 0. The highest BCUT2D eigenvalue weighted by Gasteiger charge is 2.14. The highest BCUT2D eigenvalue weighted by atomic mass is 32.2. The van der Waals surface area contributed by atoms with Crippen molar-refractivity contribution in [3.63, 3.8) is 0 Å². The lowest BCUT2D eigenvalue weighted by molar-refractivity contribution is 0.0939. The van der Waals surface area contributed by atoms with Gasteiger partial charge in [-0.2, -0.15) is 0 Å². The van der Waals surface area contributed by atoms with E-state index in [1.54, 1.807) is 12.1 Å². The minimum Gasteiger partial charge on any atom is -0.494 e. The van der Waals surface area contributed by atoms with Crippen LogP contribution in [0.15, 0.2) is 53.4 Å². The van der Waals surface area contributed by atoms with Gasteiger partial charge in [-0.1, -0.05) is 18.2 Å². The van der Waals surface area contributed by atoms with E-state index in [2.05, 4.69) is 5.32 Å². The quantitative estimate of drug-likeness (QED) is 0.872. The van der Waals surface area contributed by atoms with E-state index in [1.807, 2.05) is 38.1 Å². The molecule has 0 spiro atoms. The molecule has 0 bridgehead atoms. The highest BCUT2D eigenvalue weighted by molar-refractivity contribution is 7.90. The Bertz CT molecular complexity index is 830. The molecule has 0 aliphatic carbocycles. The summed E-state index contributed by atoms with van der Waals surface area (Å²) < 4.78 is 28.7. The third-order valence-electron chi connectivity index (χ3n) is 3.54. The molecule has 6 heteroatoms. The number of hydrogen-bond donors (Lipinski definition) is 1. The van der Waals surface area contributed by atoms with Crippen molar-refractivity contribution in [3.05, 3.63) is 59.7 Å². The van der Waals surface area contributed by atoms with Gasteiger partial charge in [-0.05, 0) is 49.7 Å². The molecule has 2 aromatic carbocycles. The van der Waals surface area contributed by atoms with E-state index in [1.165, 1.54) is 12.1 Å². The molecule has 5 nitrogen and oxygen atoms in total. The molecule has 0 unspecified atom stereocenters. The summed E-state index contributed by atoms with van der Waals surface area (Å²) in [7, 11) is -3.35. The van der Waals surface area contributed by atoms with E-state index in [0.29, 0.717) is 12.2 Å². The zero-order chi connectivity index (χ0) is 17.7. The fraction of sp³-hybridized carbons (Fsp3) is 0.278. The average molecular weight is 347 g/mol. The third-order valence-corrected chi connectivity index (χ3v) is 4.65. The van der Waals surface area contributed by atoms with Gasteiger partial charge < -0.3 is 10.1 Å². The number of amides is 1. The van der Waals surface area contributed by atoms with Crippen molar-refractivity contribution >= 4 is 15.7 Å². The zero-order valence-electron chi connectivity index (χ0n) is 13.9. The summed E-state index contributed by atoms with van der Waals surface area (Å²) in [5, 5.41) is 2.87. The largest absolute Gasteiger partial charge is 0.494 e. The summed E-state index contributed by atoms with van der Waals surface area (Å²) in [4.78, 5) is 12.5. The van der Waals surface area contributed by atoms with Crippen molar-refractivity contribution in [2.24, 2.45) is 0 Å². The summed E-state index contributed by atoms with van der Waals surface area (Å²) in [5.74, 6) is 0.421. The van der Waals surface area contributed by atoms with Crippen molar-refractivity contribution in [2.45, 2.75) is 24.8 Å². The molecule has 0 fully saturated rings. The standard InChI is InChI=1S/C18H21NO4S/c1-4-23-16-9-5-7-14(11-16)13(2)19-18(20)15-8-6-10-17(12-15)24(3,21)22/h5-13H,4H2,1-3H3,(H,19,20)/t13-/m1/s1. The topological polar surface area (TPSA) is 72.5 Å². The van der Waals surface area contributed by atoms with Crippen molar-refractivity contribution in [3.8, 4) is 5.75 Å². The minimum absolute atomic E-state index is 0.126. The first-order chi connectivity index (χ1) is 11.3. The van der Waals surface area contributed by atoms with E-state index in [-0.39, 0.29) is 16.8 Å². The van der Waals surface area contributed by atoms with Crippen molar-refractivity contribution < 1.29 is 17.9 Å². The van der Waals surface area contributed by atoms with E-state index in [4.69, 9.17) is 4.74 Å². The molecule has 0 saturated heterocycles. The number of benzene rings is 2. The Morgan fingerprint density at radius 3 is 2.54 bits per heavy atom. The van der Waals surface area contributed by atoms with Crippen LogP contribution in [0.1, 0.15) is 35.8 Å². The molecule has 2 rings (SSSR count). The Morgan fingerprint density at radius 1 is 1.17 bits per heavy atom. The molecule has 128 valence electrons. The number of rotatable bonds is 6. The molecule has 1 N–H and O–H groups in total. The van der Waals surface area contributed by atoms with Crippen LogP contribution in [0.5, 0.6) is 5.75 Å². The molecule has 24 heavy (non-hydrogen) atoms. The maximum atomic E-state index is 12.4. The smallest absolute Gasteiger partial charge is 0.251 e. The van der Waals surface area contributed by atoms with E-state index in [9.17, 15) is 13.2 Å². The molecule has 2 aromatic rings. The normalized spacial score (nSPS) is 12.5. The molecule has 0 heterocycles. The second kappa shape index (κ2) is 7.49. The Balaban J connectivity index is 2.16. The van der Waals surface area contributed by atoms with Gasteiger partial charge >= 0.3 is 0 Å². The van der Waals surface area contributed by atoms with E-state index < -0.39 is 9.84 Å². The van der Waals surface area contributed by atoms with Crippen LogP contribution >= 0.6 is 0 Å². The van der Waals surface area contributed by atoms with Gasteiger partial charge in [0.15, 0.2) is 9.84 Å². The molecule has 0 aliphatic heterocycles. The molecule has 0 aliphatic rings. The van der Waals surface area contributed by atoms with E-state index in [0.717, 1.165) is 17.6 Å². The van der Waals surface area contributed by atoms with Crippen molar-refractivity contribution in [2.75, 3.05) is 12.9 Å². The van der Waals surface area contributed by atoms with Crippen LogP contribution in [0, 0.1) is 0 Å². The van der Waals surface area contributed by atoms with Gasteiger partial charge in [-0.25, -0.2) is 8.42 Å². The third kappa shape index (κ3) is 4.58. The van der Waals surface area contributed by atoms with Crippen LogP contribution in [-0.4, -0.2) is 27.2 Å². The Kier molecular flexibility index (Phi) is 5.62.